The number of ether oxygens (including phenoxy) is 1. The maximum atomic E-state index is 11.8. The van der Waals surface area contributed by atoms with Gasteiger partial charge in [-0.25, -0.2) is 0 Å². The molecule has 0 bridgehead atoms. The Morgan fingerprint density at radius 2 is 2.05 bits per heavy atom. The minimum Gasteiger partial charge on any atom is -0.496 e. The molecule has 3 nitrogen and oxygen atoms in total. The number of methoxy groups -OCH3 is 1. The molecule has 1 N–H and O–H groups in total. The van der Waals surface area contributed by atoms with Gasteiger partial charge in [0.15, 0.2) is 0 Å². The van der Waals surface area contributed by atoms with Gasteiger partial charge in [-0.3, -0.25) is 4.79 Å². The number of rotatable bonds is 6. The van der Waals surface area contributed by atoms with E-state index in [1.165, 1.54) is 0 Å². The number of carbonyl (C=O) groups excluding carboxylic acids is 1. The second-order valence-corrected chi connectivity index (χ2v) is 5.97. The van der Waals surface area contributed by atoms with Crippen molar-refractivity contribution < 1.29 is 9.53 Å². The van der Waals surface area contributed by atoms with Crippen molar-refractivity contribution in [3.63, 3.8) is 0 Å². The summed E-state index contributed by atoms with van der Waals surface area (Å²) in [4.78, 5) is 11.8. The summed E-state index contributed by atoms with van der Waals surface area (Å²) in [7, 11) is 1.64. The monoisotopic (exact) mass is 327 g/mol. The summed E-state index contributed by atoms with van der Waals surface area (Å²) in [6, 6.07) is 5.85. The van der Waals surface area contributed by atoms with Crippen LogP contribution in [0.2, 0.25) is 0 Å². The molecule has 106 valence electrons. The summed E-state index contributed by atoms with van der Waals surface area (Å²) in [5.41, 5.74) is 1.06. The van der Waals surface area contributed by atoms with Gasteiger partial charge in [-0.05, 0) is 52.9 Å². The Hall–Kier alpha value is -1.03. The minimum atomic E-state index is 0.00173. The van der Waals surface area contributed by atoms with Crippen molar-refractivity contribution in [2.24, 2.45) is 5.92 Å². The van der Waals surface area contributed by atoms with Gasteiger partial charge in [-0.1, -0.05) is 19.9 Å². The number of nitrogens with one attached hydrogen (secondary N) is 1. The molecule has 0 saturated heterocycles. The van der Waals surface area contributed by atoms with E-state index >= 15 is 0 Å². The van der Waals surface area contributed by atoms with Gasteiger partial charge in [0.1, 0.15) is 5.75 Å². The first kappa shape index (κ1) is 16.0. The number of carbonyl (C=O) groups is 1. The minimum absolute atomic E-state index is 0.00173. The third-order valence-electron chi connectivity index (χ3n) is 3.00. The molecule has 0 spiro atoms. The van der Waals surface area contributed by atoms with Gasteiger partial charge in [-0.15, -0.1) is 0 Å². The largest absolute Gasteiger partial charge is 0.496 e. The molecule has 0 saturated carbocycles. The van der Waals surface area contributed by atoms with Crippen molar-refractivity contribution in [3.8, 4) is 5.75 Å². The molecular weight excluding hydrogens is 306 g/mol. The van der Waals surface area contributed by atoms with Gasteiger partial charge in [0.25, 0.3) is 0 Å². The number of hydrogen-bond donors (Lipinski definition) is 1. The van der Waals surface area contributed by atoms with Crippen molar-refractivity contribution in [3.05, 3.63) is 28.2 Å². The Bertz CT molecular complexity index is 432. The topological polar surface area (TPSA) is 38.3 Å². The summed E-state index contributed by atoms with van der Waals surface area (Å²) in [6.07, 6.45) is 1.50. The van der Waals surface area contributed by atoms with Crippen LogP contribution in [0, 0.1) is 5.92 Å². The maximum Gasteiger partial charge on any atom is 0.220 e. The predicted molar refractivity (Wildman–Crippen MR) is 81.3 cm³/mol. The van der Waals surface area contributed by atoms with Crippen LogP contribution in [-0.2, 0) is 4.79 Å². The Morgan fingerprint density at radius 3 is 2.58 bits per heavy atom. The predicted octanol–water partition coefficient (Wildman–Crippen LogP) is 4.07. The lowest BCUT2D eigenvalue weighted by atomic mass is 10.1. The third kappa shape index (κ3) is 5.23. The van der Waals surface area contributed by atoms with Crippen LogP contribution in [-0.4, -0.2) is 13.0 Å². The summed E-state index contributed by atoms with van der Waals surface area (Å²) < 4.78 is 6.09. The van der Waals surface area contributed by atoms with Crippen LogP contribution in [0.3, 0.4) is 0 Å². The molecule has 0 aromatic heterocycles. The number of hydrogen-bond acceptors (Lipinski definition) is 2. The van der Waals surface area contributed by atoms with Crippen molar-refractivity contribution in [1.82, 2.24) is 5.32 Å². The molecule has 1 aromatic rings. The van der Waals surface area contributed by atoms with Crippen LogP contribution in [0.25, 0.3) is 0 Å². The molecule has 1 aromatic carbocycles. The van der Waals surface area contributed by atoms with Crippen LogP contribution in [0.4, 0.5) is 0 Å². The van der Waals surface area contributed by atoms with Gasteiger partial charge in [0.2, 0.25) is 5.91 Å². The van der Waals surface area contributed by atoms with E-state index in [1.54, 1.807) is 7.11 Å². The molecule has 0 fully saturated rings. The van der Waals surface area contributed by atoms with Crippen LogP contribution >= 0.6 is 15.9 Å². The van der Waals surface area contributed by atoms with Gasteiger partial charge in [-0.2, -0.15) is 0 Å². The molecule has 1 rings (SSSR count). The van der Waals surface area contributed by atoms with E-state index in [9.17, 15) is 4.79 Å². The van der Waals surface area contributed by atoms with Gasteiger partial charge in [0, 0.05) is 6.42 Å². The highest BCUT2D eigenvalue weighted by molar-refractivity contribution is 9.10. The zero-order chi connectivity index (χ0) is 14.4. The van der Waals surface area contributed by atoms with E-state index in [0.717, 1.165) is 22.2 Å². The standard InChI is InChI=1S/C15H22BrNO2/c1-10(2)5-8-15(18)17-11(3)12-6-7-14(19-4)13(16)9-12/h6-7,9-11H,5,8H2,1-4H3,(H,17,18). The lowest BCUT2D eigenvalue weighted by Crippen LogP contribution is -2.26. The van der Waals surface area contributed by atoms with Crippen molar-refractivity contribution in [2.45, 2.75) is 39.7 Å². The number of benzene rings is 1. The molecule has 0 aliphatic heterocycles. The van der Waals surface area contributed by atoms with E-state index in [0.29, 0.717) is 12.3 Å². The van der Waals surface area contributed by atoms with E-state index in [1.807, 2.05) is 25.1 Å². The molecular formula is C15H22BrNO2. The third-order valence-corrected chi connectivity index (χ3v) is 3.62. The molecule has 1 atom stereocenters. The zero-order valence-electron chi connectivity index (χ0n) is 12.0. The molecule has 19 heavy (non-hydrogen) atoms. The van der Waals surface area contributed by atoms with Crippen LogP contribution in [0.5, 0.6) is 5.75 Å². The van der Waals surface area contributed by atoms with Gasteiger partial charge in [0.05, 0.1) is 17.6 Å². The maximum absolute atomic E-state index is 11.8. The van der Waals surface area contributed by atoms with Crippen LogP contribution < -0.4 is 10.1 Å². The second kappa shape index (κ2) is 7.53. The number of halogens is 1. The first-order valence-electron chi connectivity index (χ1n) is 6.56. The van der Waals surface area contributed by atoms with E-state index in [4.69, 9.17) is 4.74 Å². The summed E-state index contributed by atoms with van der Waals surface area (Å²) >= 11 is 3.45. The zero-order valence-corrected chi connectivity index (χ0v) is 13.6. The molecule has 0 aliphatic carbocycles. The van der Waals surface area contributed by atoms with Crippen molar-refractivity contribution in [2.75, 3.05) is 7.11 Å². The van der Waals surface area contributed by atoms with E-state index in [-0.39, 0.29) is 11.9 Å². The van der Waals surface area contributed by atoms with Gasteiger partial charge >= 0.3 is 0 Å². The molecule has 1 amide bonds. The second-order valence-electron chi connectivity index (χ2n) is 5.12. The highest BCUT2D eigenvalue weighted by Crippen LogP contribution is 2.28. The fourth-order valence-corrected chi connectivity index (χ4v) is 2.33. The average molecular weight is 328 g/mol. The lowest BCUT2D eigenvalue weighted by Gasteiger charge is -2.16. The smallest absolute Gasteiger partial charge is 0.220 e. The molecule has 0 aliphatic rings. The van der Waals surface area contributed by atoms with Crippen molar-refractivity contribution >= 4 is 21.8 Å². The van der Waals surface area contributed by atoms with Crippen molar-refractivity contribution in [1.29, 1.82) is 0 Å². The van der Waals surface area contributed by atoms with E-state index in [2.05, 4.69) is 35.1 Å². The SMILES string of the molecule is COc1ccc(C(C)NC(=O)CCC(C)C)cc1Br. The van der Waals surface area contributed by atoms with Gasteiger partial charge < -0.3 is 10.1 Å². The summed E-state index contributed by atoms with van der Waals surface area (Å²) in [5, 5.41) is 3.02. The quantitative estimate of drug-likeness (QED) is 0.855. The summed E-state index contributed by atoms with van der Waals surface area (Å²) in [5.74, 6) is 1.45. The summed E-state index contributed by atoms with van der Waals surface area (Å²) in [6.45, 7) is 6.23. The average Bonchev–Trinajstić information content (AvgIpc) is 2.36. The Morgan fingerprint density at radius 1 is 1.37 bits per heavy atom. The van der Waals surface area contributed by atoms with Crippen LogP contribution in [0.1, 0.15) is 45.2 Å². The Kier molecular flexibility index (Phi) is 6.35. The lowest BCUT2D eigenvalue weighted by molar-refractivity contribution is -0.122. The fraction of sp³-hybridized carbons (Fsp3) is 0.533. The first-order valence-corrected chi connectivity index (χ1v) is 7.36. The molecule has 1 unspecified atom stereocenters. The first-order chi connectivity index (χ1) is 8.93. The highest BCUT2D eigenvalue weighted by Gasteiger charge is 2.11. The van der Waals surface area contributed by atoms with E-state index < -0.39 is 0 Å². The Labute approximate surface area is 123 Å². The normalized spacial score (nSPS) is 12.3. The molecule has 4 heteroatoms. The number of amides is 1. The van der Waals surface area contributed by atoms with Crippen LogP contribution in [0.15, 0.2) is 22.7 Å². The fourth-order valence-electron chi connectivity index (χ4n) is 1.77. The highest BCUT2D eigenvalue weighted by atomic mass is 79.9. The Balaban J connectivity index is 2.60. The molecule has 0 heterocycles. The molecule has 0 radical (unpaired) electrons.